The quantitative estimate of drug-likeness (QED) is 0.155. The van der Waals surface area contributed by atoms with Gasteiger partial charge in [0.25, 0.3) is 0 Å². The number of fused-ring (bicyclic) bond motifs is 8. The molecule has 0 radical (unpaired) electrons. The van der Waals surface area contributed by atoms with E-state index in [1.54, 1.807) is 0 Å². The van der Waals surface area contributed by atoms with Gasteiger partial charge in [0.15, 0.2) is 0 Å². The fourth-order valence-electron chi connectivity index (χ4n) is 6.58. The molecule has 0 aliphatic heterocycles. The van der Waals surface area contributed by atoms with Gasteiger partial charge in [-0.2, -0.15) is 0 Å². The van der Waals surface area contributed by atoms with Crippen molar-refractivity contribution in [1.29, 1.82) is 0 Å². The highest BCUT2D eigenvalue weighted by atomic mass is 79.9. The van der Waals surface area contributed by atoms with E-state index in [-0.39, 0.29) is 19.9 Å². The molecule has 4 aromatic rings. The van der Waals surface area contributed by atoms with Gasteiger partial charge in [-0.3, -0.25) is 0 Å². The lowest BCUT2D eigenvalue weighted by Gasteiger charge is -2.53. The highest BCUT2D eigenvalue weighted by Gasteiger charge is 2.62. The third-order valence-electron chi connectivity index (χ3n) is 7.75. The lowest BCUT2D eigenvalue weighted by atomic mass is 9.56. The molecule has 7 rings (SSSR count). The van der Waals surface area contributed by atoms with Gasteiger partial charge in [-0.05, 0) is 55.7 Å². The number of benzene rings is 4. The van der Waals surface area contributed by atoms with Crippen LogP contribution >= 0.6 is 47.8 Å². The van der Waals surface area contributed by atoms with Crippen LogP contribution in [0.3, 0.4) is 0 Å². The van der Waals surface area contributed by atoms with Gasteiger partial charge in [0.2, 0.25) is 0 Å². The molecule has 1 spiro atoms. The monoisotopic (exact) mass is 616 g/mol. The lowest BCUT2D eigenvalue weighted by molar-refractivity contribution is 0.528. The molecule has 0 N–H and O–H groups in total. The molecule has 0 heterocycles. The van der Waals surface area contributed by atoms with Crippen LogP contribution in [0.1, 0.15) is 28.2 Å². The van der Waals surface area contributed by atoms with E-state index in [1.807, 2.05) is 0 Å². The Labute approximate surface area is 219 Å². The normalized spacial score (nSPS) is 19.3. The van der Waals surface area contributed by atoms with Gasteiger partial charge < -0.3 is 0 Å². The summed E-state index contributed by atoms with van der Waals surface area (Å²) in [5.74, 6) is 0.250. The summed E-state index contributed by atoms with van der Waals surface area (Å²) in [6, 6.07) is 35.7. The van der Waals surface area contributed by atoms with Crippen LogP contribution in [0, 0.1) is 0 Å². The molecule has 33 heavy (non-hydrogen) atoms. The Balaban J connectivity index is 1.55. The van der Waals surface area contributed by atoms with Crippen molar-refractivity contribution in [1.82, 2.24) is 0 Å². The van der Waals surface area contributed by atoms with Gasteiger partial charge in [-0.1, -0.05) is 145 Å². The zero-order valence-corrected chi connectivity index (χ0v) is 22.4. The maximum Gasteiger partial charge on any atom is 0.0922 e. The average Bonchev–Trinajstić information content (AvgIpc) is 3.34. The summed E-state index contributed by atoms with van der Waals surface area (Å²) in [5, 5.41) is 0. The van der Waals surface area contributed by atoms with Crippen molar-refractivity contribution >= 4 is 47.8 Å². The fraction of sp³-hybridized carbons (Fsp3) is 0.133. The molecule has 0 fully saturated rings. The predicted octanol–water partition coefficient (Wildman–Crippen LogP) is 8.96. The first-order valence-corrected chi connectivity index (χ1v) is 13.9. The maximum absolute atomic E-state index is 4.27. The number of hydrogen-bond donors (Lipinski definition) is 0. The molecule has 1 unspecified atom stereocenters. The minimum Gasteiger partial charge on any atom is -0.0825 e. The molecule has 0 bridgehead atoms. The Bertz CT molecular complexity index is 1390. The zero-order chi connectivity index (χ0) is 22.3. The molecular formula is C30H19Br3. The molecule has 1 atom stereocenters. The van der Waals surface area contributed by atoms with Crippen molar-refractivity contribution in [3.8, 4) is 22.3 Å². The van der Waals surface area contributed by atoms with Gasteiger partial charge >= 0.3 is 0 Å². The summed E-state index contributed by atoms with van der Waals surface area (Å²) in [5.41, 5.74) is 13.7. The van der Waals surface area contributed by atoms with Gasteiger partial charge in [0.05, 0.1) is 14.0 Å². The minimum absolute atomic E-state index is 0.0768. The van der Waals surface area contributed by atoms with Crippen molar-refractivity contribution in [2.45, 2.75) is 19.9 Å². The molecule has 0 saturated heterocycles. The van der Waals surface area contributed by atoms with Crippen molar-refractivity contribution < 1.29 is 0 Å². The molecule has 160 valence electrons. The van der Waals surface area contributed by atoms with Crippen molar-refractivity contribution in [3.63, 3.8) is 0 Å². The van der Waals surface area contributed by atoms with E-state index in [1.165, 1.54) is 55.7 Å². The number of halogens is 3. The van der Waals surface area contributed by atoms with Crippen LogP contribution in [0.5, 0.6) is 0 Å². The van der Waals surface area contributed by atoms with Crippen molar-refractivity contribution in [2.75, 3.05) is 0 Å². The lowest BCUT2D eigenvalue weighted by Crippen LogP contribution is -2.51. The molecule has 0 amide bonds. The average molecular weight is 619 g/mol. The fourth-order valence-corrected chi connectivity index (χ4v) is 9.08. The Morgan fingerprint density at radius 1 is 0.576 bits per heavy atom. The van der Waals surface area contributed by atoms with E-state index in [0.29, 0.717) is 0 Å². The Morgan fingerprint density at radius 2 is 1.00 bits per heavy atom. The second-order valence-electron chi connectivity index (χ2n) is 9.04. The van der Waals surface area contributed by atoms with Crippen LogP contribution in [-0.2, 0) is 5.41 Å². The molecule has 3 aliphatic carbocycles. The first-order chi connectivity index (χ1) is 16.2. The van der Waals surface area contributed by atoms with Gasteiger partial charge in [-0.15, -0.1) is 0 Å². The van der Waals surface area contributed by atoms with Crippen LogP contribution in [0.15, 0.2) is 108 Å². The zero-order valence-electron chi connectivity index (χ0n) is 17.6. The number of allylic oxidation sites excluding steroid dienone is 2. The van der Waals surface area contributed by atoms with Crippen molar-refractivity contribution in [3.05, 3.63) is 130 Å². The highest BCUT2D eigenvalue weighted by Crippen LogP contribution is 2.69. The van der Waals surface area contributed by atoms with Gasteiger partial charge in [0, 0.05) is 5.92 Å². The summed E-state index contributed by atoms with van der Waals surface area (Å²) in [4.78, 5) is 0.201. The number of rotatable bonds is 2. The third kappa shape index (κ3) is 2.46. The van der Waals surface area contributed by atoms with Crippen LogP contribution in [-0.4, -0.2) is 8.56 Å². The molecule has 0 saturated carbocycles. The molecule has 0 nitrogen and oxygen atoms in total. The topological polar surface area (TPSA) is 0 Å². The van der Waals surface area contributed by atoms with E-state index in [2.05, 4.69) is 145 Å². The van der Waals surface area contributed by atoms with Crippen molar-refractivity contribution in [2.24, 2.45) is 0 Å². The minimum atomic E-state index is -0.188. The Morgan fingerprint density at radius 3 is 1.48 bits per heavy atom. The number of alkyl halides is 3. The maximum atomic E-state index is 4.27. The van der Waals surface area contributed by atoms with Crippen LogP contribution < -0.4 is 0 Å². The first-order valence-electron chi connectivity index (χ1n) is 11.2. The SMILES string of the molecule is BrC(Br)C1=C(C2c3ccccc3-c3ccccc32)C(Br)C12c1ccccc1-c1ccccc12. The Kier molecular flexibility index (Phi) is 4.51. The second-order valence-corrected chi connectivity index (χ2v) is 13.0. The predicted molar refractivity (Wildman–Crippen MR) is 148 cm³/mol. The van der Waals surface area contributed by atoms with Crippen LogP contribution in [0.25, 0.3) is 22.3 Å². The first kappa shape index (κ1) is 20.4. The summed E-state index contributed by atoms with van der Waals surface area (Å²) < 4.78 is 0.0768. The smallest absolute Gasteiger partial charge is 0.0825 e. The van der Waals surface area contributed by atoms with E-state index >= 15 is 0 Å². The molecule has 0 aromatic heterocycles. The standard InChI is InChI=1S/C30H19Br3/c31-28-26(25-21-13-3-1-9-17(21)18-10-2-4-14-22(18)25)27(29(32)33)30(28)23-15-7-5-11-19(23)20-12-6-8-16-24(20)30/h1-16,25,28-29H. The van der Waals surface area contributed by atoms with E-state index in [4.69, 9.17) is 0 Å². The number of hydrogen-bond acceptors (Lipinski definition) is 0. The summed E-state index contributed by atoms with van der Waals surface area (Å²) in [6.07, 6.45) is 0. The highest BCUT2D eigenvalue weighted by molar-refractivity contribution is 9.24. The van der Waals surface area contributed by atoms with E-state index < -0.39 is 0 Å². The van der Waals surface area contributed by atoms with E-state index in [0.717, 1.165) is 0 Å². The van der Waals surface area contributed by atoms with Crippen LogP contribution in [0.2, 0.25) is 0 Å². The third-order valence-corrected chi connectivity index (χ3v) is 9.84. The summed E-state index contributed by atoms with van der Waals surface area (Å²) in [7, 11) is 0. The second kappa shape index (κ2) is 7.28. The van der Waals surface area contributed by atoms with Gasteiger partial charge in [-0.25, -0.2) is 0 Å². The van der Waals surface area contributed by atoms with E-state index in [9.17, 15) is 0 Å². The Hall–Kier alpha value is -1.94. The van der Waals surface area contributed by atoms with Crippen LogP contribution in [0.4, 0.5) is 0 Å². The largest absolute Gasteiger partial charge is 0.0922 e. The molecular weight excluding hydrogens is 600 g/mol. The molecule has 3 heteroatoms. The van der Waals surface area contributed by atoms with Gasteiger partial charge in [0.1, 0.15) is 0 Å². The summed E-state index contributed by atoms with van der Waals surface area (Å²) >= 11 is 12.2. The molecule has 4 aromatic carbocycles. The molecule has 3 aliphatic rings. The summed E-state index contributed by atoms with van der Waals surface area (Å²) in [6.45, 7) is 0.